The van der Waals surface area contributed by atoms with Crippen molar-refractivity contribution >= 4 is 22.0 Å². The Kier molecular flexibility index (Phi) is 7.06. The minimum atomic E-state index is -3.57. The highest BCUT2D eigenvalue weighted by Crippen LogP contribution is 2.28. The van der Waals surface area contributed by atoms with Crippen molar-refractivity contribution < 1.29 is 17.9 Å². The van der Waals surface area contributed by atoms with E-state index in [9.17, 15) is 13.2 Å². The molecule has 1 N–H and O–H groups in total. The Morgan fingerprint density at radius 3 is 2.59 bits per heavy atom. The fourth-order valence-electron chi connectivity index (χ4n) is 3.37. The molecule has 1 fully saturated rings. The summed E-state index contributed by atoms with van der Waals surface area (Å²) in [5.74, 6) is 1.08. The van der Waals surface area contributed by atoms with Crippen LogP contribution in [0.15, 0.2) is 60.0 Å². The maximum absolute atomic E-state index is 12.4. The molecule has 0 aliphatic carbocycles. The average Bonchev–Trinajstić information content (AvgIpc) is 3.23. The molecule has 2 aromatic rings. The molecule has 1 aliphatic heterocycles. The van der Waals surface area contributed by atoms with E-state index in [1.807, 2.05) is 59.5 Å². The zero-order valence-corrected chi connectivity index (χ0v) is 17.3. The fraction of sp³-hybridized carbons (Fsp3) is 0.318. The summed E-state index contributed by atoms with van der Waals surface area (Å²) in [6.07, 6.45) is 2.58. The molecule has 1 heterocycles. The van der Waals surface area contributed by atoms with E-state index < -0.39 is 10.0 Å². The van der Waals surface area contributed by atoms with Crippen molar-refractivity contribution in [1.82, 2.24) is 9.62 Å². The van der Waals surface area contributed by atoms with Crippen LogP contribution < -0.4 is 9.46 Å². The van der Waals surface area contributed by atoms with Crippen LogP contribution in [0.2, 0.25) is 0 Å². The molecule has 1 aliphatic rings. The van der Waals surface area contributed by atoms with Gasteiger partial charge in [-0.3, -0.25) is 4.79 Å². The van der Waals surface area contributed by atoms with Crippen LogP contribution >= 0.6 is 0 Å². The normalized spacial score (nSPS) is 17.0. The van der Waals surface area contributed by atoms with Crippen LogP contribution in [0.3, 0.4) is 0 Å². The first-order valence-corrected chi connectivity index (χ1v) is 11.2. The minimum Gasteiger partial charge on any atom is -0.497 e. The standard InChI is InChI=1S/C22H26N2O4S/c1-28-21-9-7-19(8-10-21)20-12-15-24(17-20)22(25)11-14-23-29(26,27)16-13-18-5-3-2-4-6-18/h2-10,13,16,20,23H,11-12,14-15,17H2,1H3/b16-13+. The van der Waals surface area contributed by atoms with Crippen LogP contribution in [0.25, 0.3) is 6.08 Å². The van der Waals surface area contributed by atoms with Gasteiger partial charge in [-0.05, 0) is 35.8 Å². The first kappa shape index (κ1) is 21.1. The van der Waals surface area contributed by atoms with Gasteiger partial charge in [0.2, 0.25) is 15.9 Å². The van der Waals surface area contributed by atoms with E-state index in [2.05, 4.69) is 4.72 Å². The average molecular weight is 415 g/mol. The molecule has 1 saturated heterocycles. The Morgan fingerprint density at radius 1 is 1.17 bits per heavy atom. The van der Waals surface area contributed by atoms with Gasteiger partial charge in [-0.1, -0.05) is 42.5 Å². The number of carbonyl (C=O) groups is 1. The van der Waals surface area contributed by atoms with Gasteiger partial charge in [0, 0.05) is 37.4 Å². The van der Waals surface area contributed by atoms with E-state index >= 15 is 0 Å². The molecule has 0 spiro atoms. The number of nitrogens with one attached hydrogen (secondary N) is 1. The maximum Gasteiger partial charge on any atom is 0.233 e. The molecule has 2 aromatic carbocycles. The summed E-state index contributed by atoms with van der Waals surface area (Å²) in [5.41, 5.74) is 1.99. The number of hydrogen-bond acceptors (Lipinski definition) is 4. The van der Waals surface area contributed by atoms with Crippen molar-refractivity contribution in [2.75, 3.05) is 26.7 Å². The first-order chi connectivity index (χ1) is 14.0. The molecule has 1 amide bonds. The number of sulfonamides is 1. The third-order valence-corrected chi connectivity index (χ3v) is 6.11. The maximum atomic E-state index is 12.4. The Labute approximate surface area is 172 Å². The van der Waals surface area contributed by atoms with Crippen molar-refractivity contribution in [2.45, 2.75) is 18.8 Å². The van der Waals surface area contributed by atoms with Crippen LogP contribution in [0.1, 0.15) is 29.9 Å². The van der Waals surface area contributed by atoms with Gasteiger partial charge in [-0.25, -0.2) is 13.1 Å². The summed E-state index contributed by atoms with van der Waals surface area (Å²) in [7, 11) is -1.94. The van der Waals surface area contributed by atoms with Gasteiger partial charge in [0.25, 0.3) is 0 Å². The van der Waals surface area contributed by atoms with Crippen LogP contribution in [0.5, 0.6) is 5.75 Å². The minimum absolute atomic E-state index is 0.0317. The Hall–Kier alpha value is -2.64. The zero-order valence-electron chi connectivity index (χ0n) is 16.5. The van der Waals surface area contributed by atoms with Gasteiger partial charge in [0.1, 0.15) is 5.75 Å². The molecule has 0 saturated carbocycles. The monoisotopic (exact) mass is 414 g/mol. The second-order valence-electron chi connectivity index (χ2n) is 7.00. The SMILES string of the molecule is COc1ccc(C2CCN(C(=O)CCNS(=O)(=O)/C=C/c3ccccc3)C2)cc1. The van der Waals surface area contributed by atoms with Gasteiger partial charge < -0.3 is 9.64 Å². The number of amides is 1. The molecule has 1 unspecified atom stereocenters. The number of benzene rings is 2. The molecule has 3 rings (SSSR count). The van der Waals surface area contributed by atoms with Crippen molar-refractivity contribution in [1.29, 1.82) is 0 Å². The number of nitrogens with zero attached hydrogens (tertiary/aromatic N) is 1. The molecule has 0 aromatic heterocycles. The lowest BCUT2D eigenvalue weighted by atomic mass is 9.98. The predicted octanol–water partition coefficient (Wildman–Crippen LogP) is 2.99. The summed E-state index contributed by atoms with van der Waals surface area (Å²) in [6.45, 7) is 1.44. The molecule has 29 heavy (non-hydrogen) atoms. The molecule has 1 atom stereocenters. The zero-order chi connectivity index (χ0) is 20.7. The molecular weight excluding hydrogens is 388 g/mol. The summed E-state index contributed by atoms with van der Waals surface area (Å²) in [4.78, 5) is 14.2. The molecule has 0 radical (unpaired) electrons. The van der Waals surface area contributed by atoms with E-state index in [4.69, 9.17) is 4.74 Å². The van der Waals surface area contributed by atoms with E-state index in [-0.39, 0.29) is 18.9 Å². The third kappa shape index (κ3) is 6.17. The first-order valence-electron chi connectivity index (χ1n) is 9.61. The number of ether oxygens (including phenoxy) is 1. The Bertz CT molecular complexity index is 941. The van der Waals surface area contributed by atoms with Crippen molar-refractivity contribution in [3.8, 4) is 5.75 Å². The van der Waals surface area contributed by atoms with Gasteiger partial charge in [0.15, 0.2) is 0 Å². The largest absolute Gasteiger partial charge is 0.497 e. The lowest BCUT2D eigenvalue weighted by Gasteiger charge is -2.17. The highest BCUT2D eigenvalue weighted by atomic mass is 32.2. The van der Waals surface area contributed by atoms with Gasteiger partial charge >= 0.3 is 0 Å². The number of likely N-dealkylation sites (tertiary alicyclic amines) is 1. The quantitative estimate of drug-likeness (QED) is 0.721. The Morgan fingerprint density at radius 2 is 1.90 bits per heavy atom. The summed E-state index contributed by atoms with van der Waals surface area (Å²) >= 11 is 0. The highest BCUT2D eigenvalue weighted by Gasteiger charge is 2.27. The summed E-state index contributed by atoms with van der Waals surface area (Å²) in [5, 5.41) is 1.13. The lowest BCUT2D eigenvalue weighted by molar-refractivity contribution is -0.130. The van der Waals surface area contributed by atoms with Gasteiger partial charge in [0.05, 0.1) is 7.11 Å². The van der Waals surface area contributed by atoms with E-state index in [1.165, 1.54) is 11.6 Å². The number of carbonyl (C=O) groups excluding carboxylic acids is 1. The summed E-state index contributed by atoms with van der Waals surface area (Å²) in [6, 6.07) is 17.1. The van der Waals surface area contributed by atoms with Crippen molar-refractivity contribution in [2.24, 2.45) is 0 Å². The second kappa shape index (κ2) is 9.71. The lowest BCUT2D eigenvalue weighted by Crippen LogP contribution is -2.32. The molecular formula is C22H26N2O4S. The van der Waals surface area contributed by atoms with Crippen LogP contribution in [0.4, 0.5) is 0 Å². The van der Waals surface area contributed by atoms with Crippen LogP contribution in [-0.2, 0) is 14.8 Å². The fourth-order valence-corrected chi connectivity index (χ4v) is 4.19. The van der Waals surface area contributed by atoms with Gasteiger partial charge in [-0.2, -0.15) is 0 Å². The Balaban J connectivity index is 1.45. The molecule has 6 nitrogen and oxygen atoms in total. The smallest absolute Gasteiger partial charge is 0.233 e. The topological polar surface area (TPSA) is 75.7 Å². The summed E-state index contributed by atoms with van der Waals surface area (Å²) < 4.78 is 31.8. The van der Waals surface area contributed by atoms with E-state index in [1.54, 1.807) is 7.11 Å². The van der Waals surface area contributed by atoms with E-state index in [0.717, 1.165) is 23.1 Å². The molecule has 7 heteroatoms. The number of hydrogen-bond donors (Lipinski definition) is 1. The second-order valence-corrected chi connectivity index (χ2v) is 8.65. The highest BCUT2D eigenvalue weighted by molar-refractivity contribution is 7.92. The number of rotatable bonds is 8. The molecule has 0 bridgehead atoms. The third-order valence-electron chi connectivity index (χ3n) is 5.01. The van der Waals surface area contributed by atoms with Crippen LogP contribution in [0, 0.1) is 0 Å². The van der Waals surface area contributed by atoms with Crippen molar-refractivity contribution in [3.05, 3.63) is 71.1 Å². The van der Waals surface area contributed by atoms with E-state index in [0.29, 0.717) is 19.0 Å². The van der Waals surface area contributed by atoms with Crippen LogP contribution in [-0.4, -0.2) is 46.0 Å². The van der Waals surface area contributed by atoms with Crippen molar-refractivity contribution in [3.63, 3.8) is 0 Å². The number of methoxy groups -OCH3 is 1. The predicted molar refractivity (Wildman–Crippen MR) is 114 cm³/mol. The molecule has 154 valence electrons. The van der Waals surface area contributed by atoms with Gasteiger partial charge in [-0.15, -0.1) is 0 Å².